The SMILES string of the molecule is CC(C)[C@@H](OC(=O)N1CCC1)C1CCC2C(CC3C4CCC5C(C)(C)[C@@H](OC(=O)N6CCNC(=O)C6)CCC56CC46CCC23C)O1. The largest absolute Gasteiger partial charge is 0.446 e. The maximum atomic E-state index is 13.1. The summed E-state index contributed by atoms with van der Waals surface area (Å²) in [6.07, 6.45) is 12.4. The lowest BCUT2D eigenvalue weighted by Gasteiger charge is -2.59. The van der Waals surface area contributed by atoms with Gasteiger partial charge in [-0.15, -0.1) is 0 Å². The summed E-state index contributed by atoms with van der Waals surface area (Å²) >= 11 is 0. The monoisotopic (exact) mass is 639 g/mol. The molecule has 3 amide bonds. The molecule has 0 aromatic rings. The minimum atomic E-state index is -0.321. The maximum absolute atomic E-state index is 13.1. The van der Waals surface area contributed by atoms with E-state index >= 15 is 0 Å². The molecule has 8 rings (SSSR count). The zero-order valence-corrected chi connectivity index (χ0v) is 28.9. The number of fused-ring (bicyclic) bond motifs is 4. The van der Waals surface area contributed by atoms with Crippen LogP contribution in [0.3, 0.4) is 0 Å². The van der Waals surface area contributed by atoms with Crippen molar-refractivity contribution in [3.63, 3.8) is 0 Å². The Balaban J connectivity index is 0.959. The third-order valence-corrected chi connectivity index (χ3v) is 15.5. The van der Waals surface area contributed by atoms with Crippen molar-refractivity contribution in [3.05, 3.63) is 0 Å². The van der Waals surface area contributed by atoms with E-state index in [0.717, 1.165) is 51.1 Å². The molecule has 0 radical (unpaired) electrons. The molecular weight excluding hydrogens is 582 g/mol. The van der Waals surface area contributed by atoms with Gasteiger partial charge in [-0.1, -0.05) is 34.6 Å². The third kappa shape index (κ3) is 4.44. The van der Waals surface area contributed by atoms with Crippen LogP contribution in [0, 0.1) is 51.2 Å². The molecule has 8 aliphatic rings. The van der Waals surface area contributed by atoms with Gasteiger partial charge in [-0.2, -0.15) is 0 Å². The van der Waals surface area contributed by atoms with Gasteiger partial charge in [0.05, 0.1) is 12.2 Å². The molecule has 9 unspecified atom stereocenters. The van der Waals surface area contributed by atoms with Gasteiger partial charge in [0.15, 0.2) is 0 Å². The summed E-state index contributed by atoms with van der Waals surface area (Å²) in [4.78, 5) is 41.2. The van der Waals surface area contributed by atoms with Crippen LogP contribution in [0.4, 0.5) is 9.59 Å². The van der Waals surface area contributed by atoms with Crippen LogP contribution in [0.2, 0.25) is 0 Å². The zero-order chi connectivity index (χ0) is 32.2. The highest BCUT2D eigenvalue weighted by molar-refractivity contribution is 5.83. The van der Waals surface area contributed by atoms with Crippen LogP contribution >= 0.6 is 0 Å². The first-order valence-electron chi connectivity index (χ1n) is 18.7. The second kappa shape index (κ2) is 10.7. The molecule has 3 heterocycles. The molecule has 0 aromatic carbocycles. The van der Waals surface area contributed by atoms with Crippen molar-refractivity contribution in [3.8, 4) is 0 Å². The Labute approximate surface area is 275 Å². The molecule has 0 aromatic heterocycles. The molecule has 11 atom stereocenters. The Morgan fingerprint density at radius 3 is 2.39 bits per heavy atom. The Morgan fingerprint density at radius 1 is 0.891 bits per heavy atom. The Morgan fingerprint density at radius 2 is 1.67 bits per heavy atom. The highest BCUT2D eigenvalue weighted by Crippen LogP contribution is 2.87. The van der Waals surface area contributed by atoms with Gasteiger partial charge in [-0.3, -0.25) is 9.69 Å². The summed E-state index contributed by atoms with van der Waals surface area (Å²) in [5, 5.41) is 2.80. The first kappa shape index (κ1) is 31.3. The highest BCUT2D eigenvalue weighted by Gasteiger charge is 2.81. The number of hydrogen-bond donors (Lipinski definition) is 1. The maximum Gasteiger partial charge on any atom is 0.410 e. The molecule has 9 heteroatoms. The second-order valence-corrected chi connectivity index (χ2v) is 17.9. The lowest BCUT2D eigenvalue weighted by molar-refractivity contribution is -0.151. The van der Waals surface area contributed by atoms with Gasteiger partial charge in [0.1, 0.15) is 18.8 Å². The highest BCUT2D eigenvalue weighted by atomic mass is 16.6. The van der Waals surface area contributed by atoms with E-state index in [4.69, 9.17) is 14.2 Å². The fourth-order valence-corrected chi connectivity index (χ4v) is 13.0. The van der Waals surface area contributed by atoms with E-state index in [2.05, 4.69) is 39.9 Å². The fraction of sp³-hybridized carbons (Fsp3) is 0.919. The fourth-order valence-electron chi connectivity index (χ4n) is 13.0. The van der Waals surface area contributed by atoms with Crippen molar-refractivity contribution in [2.75, 3.05) is 32.7 Å². The van der Waals surface area contributed by atoms with Crippen molar-refractivity contribution in [2.24, 2.45) is 51.2 Å². The number of piperazine rings is 1. The first-order valence-corrected chi connectivity index (χ1v) is 18.7. The molecule has 3 saturated heterocycles. The van der Waals surface area contributed by atoms with Gasteiger partial charge < -0.3 is 24.4 Å². The van der Waals surface area contributed by atoms with E-state index < -0.39 is 0 Å². The summed E-state index contributed by atoms with van der Waals surface area (Å²) in [7, 11) is 0. The van der Waals surface area contributed by atoms with Crippen LogP contribution in [0.15, 0.2) is 0 Å². The van der Waals surface area contributed by atoms with Gasteiger partial charge in [-0.05, 0) is 116 Å². The average Bonchev–Trinajstić information content (AvgIpc) is 3.56. The molecule has 5 aliphatic carbocycles. The standard InChI is InChI=1S/C37H57N3O6/c1-22(2)31(46-32(42)39-16-6-17-39)26-9-7-24-27(44-26)19-25-23-8-10-28-34(3,4)29(45-33(43)40-18-15-38-30(41)20-40)11-12-37(28)21-36(23,37)14-13-35(24,25)5/h22-29,31H,6-21H2,1-5H3,(H,38,41)/t23?,24?,25?,26?,27?,28?,29-,31+,35?,36?,37?/m0/s1. The summed E-state index contributed by atoms with van der Waals surface area (Å²) in [6, 6.07) is 0. The number of ether oxygens (including phenoxy) is 3. The van der Waals surface area contributed by atoms with Gasteiger partial charge in [-0.25, -0.2) is 9.59 Å². The predicted octanol–water partition coefficient (Wildman–Crippen LogP) is 6.00. The van der Waals surface area contributed by atoms with Crippen LogP contribution in [0.1, 0.15) is 105 Å². The van der Waals surface area contributed by atoms with E-state index in [1.807, 2.05) is 4.90 Å². The first-order chi connectivity index (χ1) is 21.9. The molecule has 0 bridgehead atoms. The number of rotatable bonds is 4. The lowest BCUT2D eigenvalue weighted by Crippen LogP contribution is -2.56. The summed E-state index contributed by atoms with van der Waals surface area (Å²) in [5.74, 6) is 2.73. The summed E-state index contributed by atoms with van der Waals surface area (Å²) in [5.41, 5.74) is 1.05. The molecule has 256 valence electrons. The Hall–Kier alpha value is -2.03. The van der Waals surface area contributed by atoms with E-state index in [0.29, 0.717) is 47.1 Å². The number of hydrogen-bond acceptors (Lipinski definition) is 6. The van der Waals surface area contributed by atoms with Crippen molar-refractivity contribution in [1.29, 1.82) is 0 Å². The van der Waals surface area contributed by atoms with Crippen LogP contribution in [0.25, 0.3) is 0 Å². The molecule has 5 saturated carbocycles. The van der Waals surface area contributed by atoms with E-state index in [-0.39, 0.29) is 60.4 Å². The van der Waals surface area contributed by atoms with Crippen LogP contribution in [-0.4, -0.2) is 85.0 Å². The number of carbonyl (C=O) groups excluding carboxylic acids is 3. The van der Waals surface area contributed by atoms with Crippen molar-refractivity contribution in [1.82, 2.24) is 15.1 Å². The number of carbonyl (C=O) groups is 3. The van der Waals surface area contributed by atoms with Gasteiger partial charge in [0.25, 0.3) is 0 Å². The van der Waals surface area contributed by atoms with Gasteiger partial charge >= 0.3 is 12.2 Å². The molecule has 3 aliphatic heterocycles. The topological polar surface area (TPSA) is 97.4 Å². The quantitative estimate of drug-likeness (QED) is 0.406. The van der Waals surface area contributed by atoms with E-state index in [9.17, 15) is 14.4 Å². The number of nitrogens with one attached hydrogen (secondary N) is 1. The summed E-state index contributed by atoms with van der Waals surface area (Å²) < 4.78 is 19.4. The average molecular weight is 640 g/mol. The minimum absolute atomic E-state index is 0.00898. The van der Waals surface area contributed by atoms with E-state index in [1.54, 1.807) is 4.90 Å². The van der Waals surface area contributed by atoms with Crippen LogP contribution < -0.4 is 5.32 Å². The van der Waals surface area contributed by atoms with Crippen molar-refractivity contribution < 1.29 is 28.6 Å². The molecule has 9 nitrogen and oxygen atoms in total. The van der Waals surface area contributed by atoms with Gasteiger partial charge in [0, 0.05) is 31.6 Å². The third-order valence-electron chi connectivity index (χ3n) is 15.5. The molecule has 2 spiro atoms. The van der Waals surface area contributed by atoms with Crippen LogP contribution in [-0.2, 0) is 19.0 Å². The molecule has 1 N–H and O–H groups in total. The van der Waals surface area contributed by atoms with Gasteiger partial charge in [0.2, 0.25) is 5.91 Å². The van der Waals surface area contributed by atoms with Crippen LogP contribution in [0.5, 0.6) is 0 Å². The summed E-state index contributed by atoms with van der Waals surface area (Å²) in [6.45, 7) is 14.4. The number of amides is 3. The number of likely N-dealkylation sites (tertiary alicyclic amines) is 1. The Bertz CT molecular complexity index is 1270. The smallest absolute Gasteiger partial charge is 0.410 e. The number of nitrogens with zero attached hydrogens (tertiary/aromatic N) is 2. The van der Waals surface area contributed by atoms with Crippen molar-refractivity contribution >= 4 is 18.1 Å². The second-order valence-electron chi connectivity index (χ2n) is 17.9. The zero-order valence-electron chi connectivity index (χ0n) is 28.9. The molecule has 8 fully saturated rings. The molecule has 46 heavy (non-hydrogen) atoms. The Kier molecular flexibility index (Phi) is 7.29. The van der Waals surface area contributed by atoms with Crippen molar-refractivity contribution in [2.45, 2.75) is 130 Å². The predicted molar refractivity (Wildman–Crippen MR) is 172 cm³/mol. The lowest BCUT2D eigenvalue weighted by atomic mass is 9.46. The minimum Gasteiger partial charge on any atom is -0.446 e. The molecular formula is C37H57N3O6. The van der Waals surface area contributed by atoms with E-state index in [1.165, 1.54) is 38.5 Å². The normalized spacial score (nSPS) is 46.0.